The van der Waals surface area contributed by atoms with Gasteiger partial charge in [0.2, 0.25) is 0 Å². The molecule has 0 fully saturated rings. The number of carboxylic acid groups (broad SMARTS) is 1. The smallest absolute Gasteiger partial charge is 0.326 e. The zero-order valence-corrected chi connectivity index (χ0v) is 11.1. The minimum atomic E-state index is -0.862. The van der Waals surface area contributed by atoms with Crippen LogP contribution in [0.15, 0.2) is 16.5 Å². The lowest BCUT2D eigenvalue weighted by Crippen LogP contribution is -2.25. The molecule has 3 heterocycles. The third-order valence-electron chi connectivity index (χ3n) is 3.41. The fourth-order valence-electron chi connectivity index (χ4n) is 2.55. The van der Waals surface area contributed by atoms with Crippen LogP contribution in [0.3, 0.4) is 0 Å². The Bertz CT molecular complexity index is 644. The lowest BCUT2D eigenvalue weighted by atomic mass is 10.0. The summed E-state index contributed by atoms with van der Waals surface area (Å²) in [6.07, 6.45) is 2.13. The maximum Gasteiger partial charge on any atom is 0.326 e. The Hall–Kier alpha value is -1.75. The average molecular weight is 281 g/mol. The monoisotopic (exact) mass is 280 g/mol. The molecule has 0 spiro atoms. The van der Waals surface area contributed by atoms with Crippen molar-refractivity contribution in [3.05, 3.63) is 28.7 Å². The van der Waals surface area contributed by atoms with Gasteiger partial charge in [0, 0.05) is 0 Å². The predicted octanol–water partition coefficient (Wildman–Crippen LogP) is 3.07. The normalized spacial score (nSPS) is 18.3. The molecule has 1 atom stereocenters. The Morgan fingerprint density at radius 2 is 2.37 bits per heavy atom. The van der Waals surface area contributed by atoms with E-state index in [4.69, 9.17) is 16.0 Å². The number of rotatable bonds is 2. The van der Waals surface area contributed by atoms with Gasteiger partial charge in [-0.1, -0.05) is 11.6 Å². The van der Waals surface area contributed by atoms with E-state index < -0.39 is 12.0 Å². The number of imidazole rings is 1. The van der Waals surface area contributed by atoms with Gasteiger partial charge in [-0.15, -0.1) is 0 Å². The van der Waals surface area contributed by atoms with Gasteiger partial charge in [0.15, 0.2) is 16.7 Å². The largest absolute Gasteiger partial charge is 0.480 e. The van der Waals surface area contributed by atoms with E-state index in [1.54, 1.807) is 10.6 Å². The van der Waals surface area contributed by atoms with Crippen molar-refractivity contribution < 1.29 is 14.3 Å². The third kappa shape index (κ3) is 1.94. The number of fused-ring (bicyclic) bond motifs is 1. The zero-order valence-electron chi connectivity index (χ0n) is 10.4. The maximum absolute atomic E-state index is 11.4. The van der Waals surface area contributed by atoms with Gasteiger partial charge >= 0.3 is 5.97 Å². The quantitative estimate of drug-likeness (QED) is 0.918. The molecule has 2 aromatic rings. The first-order valence-corrected chi connectivity index (χ1v) is 6.52. The van der Waals surface area contributed by atoms with Crippen molar-refractivity contribution in [2.45, 2.75) is 32.2 Å². The first-order chi connectivity index (χ1) is 9.08. The van der Waals surface area contributed by atoms with Crippen LogP contribution >= 0.6 is 11.6 Å². The molecule has 0 saturated heterocycles. The van der Waals surface area contributed by atoms with E-state index in [0.29, 0.717) is 23.2 Å². The molecule has 0 aromatic carbocycles. The minimum absolute atomic E-state index is 0.370. The van der Waals surface area contributed by atoms with Crippen molar-refractivity contribution in [3.8, 4) is 11.6 Å². The molecule has 1 unspecified atom stereocenters. The van der Waals surface area contributed by atoms with Crippen LogP contribution in [0.25, 0.3) is 11.6 Å². The van der Waals surface area contributed by atoms with E-state index >= 15 is 0 Å². The molecular weight excluding hydrogens is 268 g/mol. The van der Waals surface area contributed by atoms with Crippen LogP contribution in [0, 0.1) is 6.92 Å². The maximum atomic E-state index is 11.4. The predicted molar refractivity (Wildman–Crippen MR) is 69.3 cm³/mol. The Kier molecular flexibility index (Phi) is 2.86. The molecule has 3 rings (SSSR count). The van der Waals surface area contributed by atoms with Gasteiger partial charge in [0.1, 0.15) is 11.8 Å². The molecule has 0 amide bonds. The number of aromatic nitrogens is 2. The fourth-order valence-corrected chi connectivity index (χ4v) is 2.82. The number of halogens is 1. The summed E-state index contributed by atoms with van der Waals surface area (Å²) in [5.41, 5.74) is 0.782. The summed E-state index contributed by atoms with van der Waals surface area (Å²) in [5.74, 6) is 0.949. The van der Waals surface area contributed by atoms with Crippen LogP contribution in [0.5, 0.6) is 0 Å². The summed E-state index contributed by atoms with van der Waals surface area (Å²) >= 11 is 6.12. The molecular formula is C13H13ClN2O3. The highest BCUT2D eigenvalue weighted by Gasteiger charge is 2.32. The molecule has 2 aromatic heterocycles. The van der Waals surface area contributed by atoms with E-state index in [-0.39, 0.29) is 0 Å². The molecule has 0 bridgehead atoms. The van der Waals surface area contributed by atoms with Crippen molar-refractivity contribution in [1.82, 2.24) is 9.55 Å². The average Bonchev–Trinajstić information content (AvgIpc) is 2.94. The highest BCUT2D eigenvalue weighted by molar-refractivity contribution is 6.30. The van der Waals surface area contributed by atoms with Crippen molar-refractivity contribution >= 4 is 17.6 Å². The van der Waals surface area contributed by atoms with E-state index in [2.05, 4.69) is 4.98 Å². The van der Waals surface area contributed by atoms with Gasteiger partial charge in [-0.25, -0.2) is 9.78 Å². The summed E-state index contributed by atoms with van der Waals surface area (Å²) in [6, 6.07) is 2.99. The van der Waals surface area contributed by atoms with Crippen molar-refractivity contribution in [2.75, 3.05) is 0 Å². The minimum Gasteiger partial charge on any atom is -0.480 e. The summed E-state index contributed by atoms with van der Waals surface area (Å²) < 4.78 is 7.24. The van der Waals surface area contributed by atoms with Crippen LogP contribution in [-0.2, 0) is 11.2 Å². The summed E-state index contributed by atoms with van der Waals surface area (Å²) in [5, 5.41) is 9.72. The molecule has 0 aliphatic carbocycles. The summed E-state index contributed by atoms with van der Waals surface area (Å²) in [6.45, 7) is 1.83. The number of furan rings is 1. The number of hydrogen-bond donors (Lipinski definition) is 1. The summed E-state index contributed by atoms with van der Waals surface area (Å²) in [7, 11) is 0. The van der Waals surface area contributed by atoms with Crippen LogP contribution in [-0.4, -0.2) is 20.6 Å². The van der Waals surface area contributed by atoms with Crippen LogP contribution in [0.1, 0.15) is 30.3 Å². The molecule has 0 saturated carbocycles. The first kappa shape index (κ1) is 12.3. The summed E-state index contributed by atoms with van der Waals surface area (Å²) in [4.78, 5) is 15.7. The van der Waals surface area contributed by atoms with Crippen LogP contribution in [0.4, 0.5) is 0 Å². The number of hydrogen-bond acceptors (Lipinski definition) is 3. The van der Waals surface area contributed by atoms with E-state index in [1.165, 1.54) is 0 Å². The first-order valence-electron chi connectivity index (χ1n) is 6.14. The van der Waals surface area contributed by atoms with Gasteiger partial charge in [-0.2, -0.15) is 0 Å². The molecule has 1 aliphatic heterocycles. The molecule has 19 heavy (non-hydrogen) atoms. The molecule has 1 N–H and O–H groups in total. The number of aliphatic carboxylic acids is 1. The Morgan fingerprint density at radius 3 is 3.00 bits per heavy atom. The van der Waals surface area contributed by atoms with Crippen molar-refractivity contribution in [2.24, 2.45) is 0 Å². The standard InChI is InChI=1S/C13H13ClN2O3/c1-7-5-6-10(19-7)12-15-11(14)8-3-2-4-9(13(17)18)16(8)12/h5-6,9H,2-4H2,1H3,(H,17,18). The molecule has 100 valence electrons. The second-order valence-electron chi connectivity index (χ2n) is 4.70. The highest BCUT2D eigenvalue weighted by Crippen LogP contribution is 2.36. The SMILES string of the molecule is Cc1ccc(-c2nc(Cl)c3n2C(C(=O)O)CCC3)o1. The third-order valence-corrected chi connectivity index (χ3v) is 3.71. The van der Waals surface area contributed by atoms with Gasteiger partial charge < -0.3 is 14.1 Å². The number of aryl methyl sites for hydroxylation is 1. The van der Waals surface area contributed by atoms with E-state index in [0.717, 1.165) is 24.3 Å². The molecule has 0 radical (unpaired) electrons. The number of nitrogens with zero attached hydrogens (tertiary/aromatic N) is 2. The van der Waals surface area contributed by atoms with Crippen molar-refractivity contribution in [1.29, 1.82) is 0 Å². The lowest BCUT2D eigenvalue weighted by molar-refractivity contribution is -0.141. The lowest BCUT2D eigenvalue weighted by Gasteiger charge is -2.23. The van der Waals surface area contributed by atoms with Crippen molar-refractivity contribution in [3.63, 3.8) is 0 Å². The van der Waals surface area contributed by atoms with Gasteiger partial charge in [0.05, 0.1) is 5.69 Å². The second kappa shape index (κ2) is 4.42. The van der Waals surface area contributed by atoms with E-state index in [9.17, 15) is 9.90 Å². The van der Waals surface area contributed by atoms with E-state index in [1.807, 2.05) is 13.0 Å². The van der Waals surface area contributed by atoms with Gasteiger partial charge in [-0.3, -0.25) is 0 Å². The number of carboxylic acids is 1. The van der Waals surface area contributed by atoms with Crippen LogP contribution in [0.2, 0.25) is 5.15 Å². The second-order valence-corrected chi connectivity index (χ2v) is 5.06. The fraction of sp³-hybridized carbons (Fsp3) is 0.385. The Balaban J connectivity index is 2.19. The number of carbonyl (C=O) groups is 1. The zero-order chi connectivity index (χ0) is 13.6. The van der Waals surface area contributed by atoms with Gasteiger partial charge in [0.25, 0.3) is 0 Å². The molecule has 6 heteroatoms. The Morgan fingerprint density at radius 1 is 1.58 bits per heavy atom. The topological polar surface area (TPSA) is 68.3 Å². The van der Waals surface area contributed by atoms with Gasteiger partial charge in [-0.05, 0) is 38.3 Å². The highest BCUT2D eigenvalue weighted by atomic mass is 35.5. The molecule has 5 nitrogen and oxygen atoms in total. The molecule has 1 aliphatic rings. The Labute approximate surface area is 114 Å². The van der Waals surface area contributed by atoms with Crippen LogP contribution < -0.4 is 0 Å².